The lowest BCUT2D eigenvalue weighted by atomic mass is 10.0. The number of nitrogens with two attached hydrogens (primary N) is 1. The molecular weight excluding hydrogens is 269 g/mol. The highest BCUT2D eigenvalue weighted by Gasteiger charge is 2.22. The third kappa shape index (κ3) is 3.80. The number of aliphatic hydroxyl groups is 1. The van der Waals surface area contributed by atoms with Crippen LogP contribution in [0, 0.1) is 5.82 Å². The van der Waals surface area contributed by atoms with Crippen molar-refractivity contribution in [3.8, 4) is 5.75 Å². The van der Waals surface area contributed by atoms with Crippen molar-refractivity contribution >= 4 is 0 Å². The number of aliphatic hydroxyl groups excluding tert-OH is 1. The van der Waals surface area contributed by atoms with Crippen LogP contribution in [0.4, 0.5) is 4.39 Å². The van der Waals surface area contributed by atoms with Gasteiger partial charge in [-0.3, -0.25) is 0 Å². The van der Waals surface area contributed by atoms with Gasteiger partial charge in [0.2, 0.25) is 0 Å². The number of benzene rings is 2. The summed E-state index contributed by atoms with van der Waals surface area (Å²) in [5, 5.41) is 9.11. The third-order valence-corrected chi connectivity index (χ3v) is 3.30. The molecule has 2 unspecified atom stereocenters. The lowest BCUT2D eigenvalue weighted by Gasteiger charge is -2.24. The van der Waals surface area contributed by atoms with E-state index in [1.807, 2.05) is 18.2 Å². The average molecular weight is 289 g/mol. The van der Waals surface area contributed by atoms with Gasteiger partial charge in [-0.15, -0.1) is 0 Å². The van der Waals surface area contributed by atoms with Gasteiger partial charge >= 0.3 is 0 Å². The highest BCUT2D eigenvalue weighted by Crippen LogP contribution is 2.28. The second kappa shape index (κ2) is 7.20. The molecule has 2 aromatic rings. The van der Waals surface area contributed by atoms with Gasteiger partial charge in [-0.05, 0) is 31.0 Å². The molecule has 0 saturated carbocycles. The number of hydrogen-bond donors (Lipinski definition) is 2. The van der Waals surface area contributed by atoms with Gasteiger partial charge in [0, 0.05) is 18.2 Å². The molecule has 3 nitrogen and oxygen atoms in total. The fourth-order valence-corrected chi connectivity index (χ4v) is 2.24. The summed E-state index contributed by atoms with van der Waals surface area (Å²) in [5.74, 6) is 0.288. The van der Waals surface area contributed by atoms with Crippen molar-refractivity contribution < 1.29 is 14.2 Å². The average Bonchev–Trinajstić information content (AvgIpc) is 2.47. The van der Waals surface area contributed by atoms with E-state index in [0.717, 1.165) is 5.56 Å². The molecule has 0 amide bonds. The van der Waals surface area contributed by atoms with Gasteiger partial charge in [0.05, 0.1) is 0 Å². The van der Waals surface area contributed by atoms with Crippen LogP contribution in [0.15, 0.2) is 48.5 Å². The summed E-state index contributed by atoms with van der Waals surface area (Å²) in [7, 11) is 0. The molecule has 0 saturated heterocycles. The summed E-state index contributed by atoms with van der Waals surface area (Å²) < 4.78 is 19.9. The molecule has 112 valence electrons. The molecule has 2 aromatic carbocycles. The van der Waals surface area contributed by atoms with Crippen LogP contribution in [0.5, 0.6) is 5.75 Å². The van der Waals surface area contributed by atoms with Crippen LogP contribution in [0.3, 0.4) is 0 Å². The van der Waals surface area contributed by atoms with E-state index in [2.05, 4.69) is 0 Å². The van der Waals surface area contributed by atoms with Crippen LogP contribution in [0.25, 0.3) is 0 Å². The minimum atomic E-state index is -0.578. The second-order valence-electron chi connectivity index (χ2n) is 5.00. The van der Waals surface area contributed by atoms with Crippen molar-refractivity contribution in [3.63, 3.8) is 0 Å². The number of hydrogen-bond acceptors (Lipinski definition) is 3. The van der Waals surface area contributed by atoms with Crippen molar-refractivity contribution in [2.75, 3.05) is 6.61 Å². The van der Waals surface area contributed by atoms with Crippen molar-refractivity contribution in [1.29, 1.82) is 0 Å². The summed E-state index contributed by atoms with van der Waals surface area (Å²) >= 11 is 0. The van der Waals surface area contributed by atoms with Gasteiger partial charge in [-0.2, -0.15) is 0 Å². The van der Waals surface area contributed by atoms with E-state index in [4.69, 9.17) is 15.6 Å². The maximum Gasteiger partial charge on any atom is 0.141 e. The lowest BCUT2D eigenvalue weighted by Crippen LogP contribution is -2.30. The molecule has 0 fully saturated rings. The Morgan fingerprint density at radius 3 is 2.48 bits per heavy atom. The lowest BCUT2D eigenvalue weighted by molar-refractivity contribution is 0.173. The van der Waals surface area contributed by atoms with Crippen LogP contribution in [-0.4, -0.2) is 17.8 Å². The fraction of sp³-hybridized carbons (Fsp3) is 0.294. The quantitative estimate of drug-likeness (QED) is 0.859. The summed E-state index contributed by atoms with van der Waals surface area (Å²) in [6.45, 7) is 1.81. The first kappa shape index (κ1) is 15.5. The first-order chi connectivity index (χ1) is 10.1. The van der Waals surface area contributed by atoms with Crippen molar-refractivity contribution in [2.45, 2.75) is 25.5 Å². The van der Waals surface area contributed by atoms with E-state index in [-0.39, 0.29) is 18.5 Å². The Kier molecular flexibility index (Phi) is 5.31. The molecule has 0 aliphatic rings. The van der Waals surface area contributed by atoms with E-state index >= 15 is 0 Å². The van der Waals surface area contributed by atoms with E-state index in [9.17, 15) is 4.39 Å². The first-order valence-electron chi connectivity index (χ1n) is 6.99. The number of rotatable bonds is 6. The van der Waals surface area contributed by atoms with Crippen LogP contribution in [-0.2, 0) is 6.42 Å². The zero-order valence-electron chi connectivity index (χ0n) is 12.0. The first-order valence-corrected chi connectivity index (χ1v) is 6.99. The Labute approximate surface area is 124 Å². The molecule has 0 aliphatic carbocycles. The Hall–Kier alpha value is -1.91. The molecule has 4 heteroatoms. The van der Waals surface area contributed by atoms with Gasteiger partial charge in [0.25, 0.3) is 0 Å². The molecule has 0 spiro atoms. The zero-order valence-corrected chi connectivity index (χ0v) is 12.0. The Morgan fingerprint density at radius 1 is 1.14 bits per heavy atom. The predicted octanol–water partition coefficient (Wildman–Crippen LogP) is 2.83. The minimum Gasteiger partial charge on any atom is -0.484 e. The van der Waals surface area contributed by atoms with E-state index in [0.29, 0.717) is 17.7 Å². The third-order valence-electron chi connectivity index (χ3n) is 3.30. The number of para-hydroxylation sites is 1. The van der Waals surface area contributed by atoms with Gasteiger partial charge in [-0.25, -0.2) is 4.39 Å². The maximum atomic E-state index is 14.0. The van der Waals surface area contributed by atoms with Gasteiger partial charge in [0.15, 0.2) is 0 Å². The number of halogens is 1. The fourth-order valence-electron chi connectivity index (χ4n) is 2.24. The molecule has 2 atom stereocenters. The summed E-state index contributed by atoms with van der Waals surface area (Å²) in [4.78, 5) is 0. The molecule has 0 aromatic heterocycles. The highest BCUT2D eigenvalue weighted by molar-refractivity contribution is 5.35. The molecule has 2 rings (SSSR count). The second-order valence-corrected chi connectivity index (χ2v) is 5.00. The van der Waals surface area contributed by atoms with E-state index < -0.39 is 6.10 Å². The van der Waals surface area contributed by atoms with Gasteiger partial charge in [0.1, 0.15) is 17.7 Å². The zero-order chi connectivity index (χ0) is 15.2. The Bertz CT molecular complexity index is 587. The molecule has 0 radical (unpaired) electrons. The standard InChI is InChI=1S/C17H20FNO2/c1-12(19)17(14-7-3-4-8-15(14)18)21-16-9-5-2-6-13(16)10-11-20/h2-9,12,17,20H,10-11,19H2,1H3. The van der Waals surface area contributed by atoms with Crippen LogP contribution in [0.1, 0.15) is 24.2 Å². The van der Waals surface area contributed by atoms with E-state index in [1.54, 1.807) is 31.2 Å². The highest BCUT2D eigenvalue weighted by atomic mass is 19.1. The summed E-state index contributed by atoms with van der Waals surface area (Å²) in [6, 6.07) is 13.5. The SMILES string of the molecule is CC(N)C(Oc1ccccc1CCO)c1ccccc1F. The molecule has 3 N–H and O–H groups in total. The van der Waals surface area contributed by atoms with Crippen molar-refractivity contribution in [2.24, 2.45) is 5.73 Å². The van der Waals surface area contributed by atoms with Gasteiger partial charge < -0.3 is 15.6 Å². The number of ether oxygens (including phenoxy) is 1. The molecule has 0 aliphatic heterocycles. The van der Waals surface area contributed by atoms with E-state index in [1.165, 1.54) is 6.07 Å². The van der Waals surface area contributed by atoms with Crippen molar-refractivity contribution in [3.05, 3.63) is 65.5 Å². The summed E-state index contributed by atoms with van der Waals surface area (Å²) in [5.41, 5.74) is 7.28. The largest absolute Gasteiger partial charge is 0.484 e. The molecule has 21 heavy (non-hydrogen) atoms. The van der Waals surface area contributed by atoms with Crippen LogP contribution in [0.2, 0.25) is 0 Å². The smallest absolute Gasteiger partial charge is 0.141 e. The van der Waals surface area contributed by atoms with Crippen LogP contribution < -0.4 is 10.5 Å². The summed E-state index contributed by atoms with van der Waals surface area (Å²) in [6.07, 6.45) is -0.0925. The Morgan fingerprint density at radius 2 is 1.81 bits per heavy atom. The normalized spacial score (nSPS) is 13.7. The maximum absolute atomic E-state index is 14.0. The monoisotopic (exact) mass is 289 g/mol. The predicted molar refractivity (Wildman–Crippen MR) is 80.7 cm³/mol. The van der Waals surface area contributed by atoms with Crippen molar-refractivity contribution in [1.82, 2.24) is 0 Å². The molecule has 0 bridgehead atoms. The Balaban J connectivity index is 2.32. The van der Waals surface area contributed by atoms with Crippen LogP contribution >= 0.6 is 0 Å². The topological polar surface area (TPSA) is 55.5 Å². The molecular formula is C17H20FNO2. The minimum absolute atomic E-state index is 0.0307. The van der Waals surface area contributed by atoms with Gasteiger partial charge in [-0.1, -0.05) is 36.4 Å². The molecule has 0 heterocycles.